The third kappa shape index (κ3) is 2.29. The molecule has 0 aromatic heterocycles. The van der Waals surface area contributed by atoms with Crippen LogP contribution in [-0.4, -0.2) is 31.1 Å². The summed E-state index contributed by atoms with van der Waals surface area (Å²) in [6.45, 7) is 6.65. The third-order valence-electron chi connectivity index (χ3n) is 4.98. The highest BCUT2D eigenvalue weighted by molar-refractivity contribution is 5.43. The molecule has 1 saturated heterocycles. The Morgan fingerprint density at radius 2 is 1.76 bits per heavy atom. The lowest BCUT2D eigenvalue weighted by Gasteiger charge is -2.44. The van der Waals surface area contributed by atoms with Crippen molar-refractivity contribution >= 4 is 0 Å². The second kappa shape index (κ2) is 5.28. The zero-order valence-electron chi connectivity index (χ0n) is 12.5. The van der Waals surface area contributed by atoms with Gasteiger partial charge < -0.3 is 5.32 Å². The van der Waals surface area contributed by atoms with Gasteiger partial charge in [0.05, 0.1) is 0 Å². The Hall–Kier alpha value is -1.64. The lowest BCUT2D eigenvalue weighted by atomic mass is 9.80. The van der Waals surface area contributed by atoms with Crippen molar-refractivity contribution in [2.75, 3.05) is 26.2 Å². The Kier molecular flexibility index (Phi) is 3.28. The van der Waals surface area contributed by atoms with Crippen LogP contribution in [0.25, 0.3) is 0 Å². The summed E-state index contributed by atoms with van der Waals surface area (Å²) >= 11 is 0. The molecular weight excluding hydrogens is 256 g/mol. The van der Waals surface area contributed by atoms with Gasteiger partial charge in [-0.3, -0.25) is 4.90 Å². The molecule has 0 amide bonds. The van der Waals surface area contributed by atoms with Gasteiger partial charge in [-0.2, -0.15) is 0 Å². The Balaban J connectivity index is 1.79. The van der Waals surface area contributed by atoms with Gasteiger partial charge in [0.25, 0.3) is 0 Å². The van der Waals surface area contributed by atoms with Crippen molar-refractivity contribution in [1.82, 2.24) is 10.2 Å². The van der Waals surface area contributed by atoms with Gasteiger partial charge in [-0.1, -0.05) is 54.1 Å². The minimum Gasteiger partial charge on any atom is -0.314 e. The molecule has 2 atom stereocenters. The SMILES string of the molecule is Cc1ccc([C@@H]2CN3CCNC[C@@H]3c3ccccc32)cc1. The maximum absolute atomic E-state index is 3.55. The monoisotopic (exact) mass is 278 g/mol. The van der Waals surface area contributed by atoms with Crippen LogP contribution in [0.3, 0.4) is 0 Å². The standard InChI is InChI=1S/C19H22N2/c1-14-6-8-15(9-7-14)18-13-21-11-10-20-12-19(21)17-5-3-2-4-16(17)18/h2-9,18-20H,10-13H2,1H3/t18-,19+/m0/s1. The number of hydrogen-bond donors (Lipinski definition) is 1. The molecule has 2 heterocycles. The maximum Gasteiger partial charge on any atom is 0.0476 e. The smallest absolute Gasteiger partial charge is 0.0476 e. The second-order valence-corrected chi connectivity index (χ2v) is 6.31. The molecule has 0 bridgehead atoms. The molecule has 2 aliphatic rings. The van der Waals surface area contributed by atoms with Crippen LogP contribution in [0, 0.1) is 6.92 Å². The summed E-state index contributed by atoms with van der Waals surface area (Å²) in [6.07, 6.45) is 0. The quantitative estimate of drug-likeness (QED) is 0.862. The van der Waals surface area contributed by atoms with E-state index in [1.54, 1.807) is 0 Å². The predicted octanol–water partition coefficient (Wildman–Crippen LogP) is 3.09. The van der Waals surface area contributed by atoms with Crippen molar-refractivity contribution in [2.45, 2.75) is 18.9 Å². The number of fused-ring (bicyclic) bond motifs is 3. The van der Waals surface area contributed by atoms with Crippen molar-refractivity contribution < 1.29 is 0 Å². The van der Waals surface area contributed by atoms with Crippen molar-refractivity contribution in [1.29, 1.82) is 0 Å². The van der Waals surface area contributed by atoms with Crippen LogP contribution in [0.15, 0.2) is 48.5 Å². The van der Waals surface area contributed by atoms with Gasteiger partial charge in [0, 0.05) is 38.1 Å². The lowest BCUT2D eigenvalue weighted by Crippen LogP contribution is -2.50. The fourth-order valence-corrected chi connectivity index (χ4v) is 3.82. The first kappa shape index (κ1) is 13.1. The Morgan fingerprint density at radius 3 is 2.57 bits per heavy atom. The topological polar surface area (TPSA) is 15.3 Å². The highest BCUT2D eigenvalue weighted by Crippen LogP contribution is 2.39. The van der Waals surface area contributed by atoms with E-state index in [2.05, 4.69) is 65.7 Å². The fraction of sp³-hybridized carbons (Fsp3) is 0.368. The predicted molar refractivity (Wildman–Crippen MR) is 86.6 cm³/mol. The van der Waals surface area contributed by atoms with Gasteiger partial charge in [-0.15, -0.1) is 0 Å². The molecule has 21 heavy (non-hydrogen) atoms. The summed E-state index contributed by atoms with van der Waals surface area (Å²) in [7, 11) is 0. The van der Waals surface area contributed by atoms with E-state index in [0.29, 0.717) is 12.0 Å². The van der Waals surface area contributed by atoms with Gasteiger partial charge in [0.2, 0.25) is 0 Å². The van der Waals surface area contributed by atoms with Crippen molar-refractivity contribution in [2.24, 2.45) is 0 Å². The van der Waals surface area contributed by atoms with E-state index in [1.807, 2.05) is 0 Å². The van der Waals surface area contributed by atoms with Crippen LogP contribution in [0.4, 0.5) is 0 Å². The molecule has 2 aliphatic heterocycles. The number of piperazine rings is 1. The number of nitrogens with one attached hydrogen (secondary N) is 1. The van der Waals surface area contributed by atoms with Gasteiger partial charge in [0.1, 0.15) is 0 Å². The van der Waals surface area contributed by atoms with Crippen LogP contribution in [-0.2, 0) is 0 Å². The highest BCUT2D eigenvalue weighted by atomic mass is 15.2. The van der Waals surface area contributed by atoms with Crippen LogP contribution >= 0.6 is 0 Å². The van der Waals surface area contributed by atoms with Crippen LogP contribution < -0.4 is 5.32 Å². The normalized spacial score (nSPS) is 25.2. The van der Waals surface area contributed by atoms with E-state index >= 15 is 0 Å². The summed E-state index contributed by atoms with van der Waals surface area (Å²) in [5.74, 6) is 0.510. The van der Waals surface area contributed by atoms with E-state index in [-0.39, 0.29) is 0 Å². The number of rotatable bonds is 1. The summed E-state index contributed by atoms with van der Waals surface area (Å²) in [5.41, 5.74) is 5.82. The van der Waals surface area contributed by atoms with E-state index in [0.717, 1.165) is 26.2 Å². The minimum absolute atomic E-state index is 0.510. The van der Waals surface area contributed by atoms with E-state index in [1.165, 1.54) is 22.3 Å². The molecule has 2 nitrogen and oxygen atoms in total. The molecule has 0 unspecified atom stereocenters. The van der Waals surface area contributed by atoms with Gasteiger partial charge in [0.15, 0.2) is 0 Å². The summed E-state index contributed by atoms with van der Waals surface area (Å²) in [6, 6.07) is 18.7. The Labute approximate surface area is 126 Å². The first-order valence-corrected chi connectivity index (χ1v) is 7.93. The minimum atomic E-state index is 0.510. The Bertz CT molecular complexity index is 632. The van der Waals surface area contributed by atoms with Crippen molar-refractivity contribution in [3.8, 4) is 0 Å². The highest BCUT2D eigenvalue weighted by Gasteiger charge is 2.34. The largest absolute Gasteiger partial charge is 0.314 e. The van der Waals surface area contributed by atoms with Crippen molar-refractivity contribution in [3.05, 3.63) is 70.8 Å². The maximum atomic E-state index is 3.55. The summed E-state index contributed by atoms with van der Waals surface area (Å²) in [5, 5.41) is 3.55. The molecule has 108 valence electrons. The molecule has 0 aliphatic carbocycles. The van der Waals surface area contributed by atoms with Crippen LogP contribution in [0.5, 0.6) is 0 Å². The molecule has 2 heteroatoms. The zero-order chi connectivity index (χ0) is 14.2. The van der Waals surface area contributed by atoms with E-state index < -0.39 is 0 Å². The van der Waals surface area contributed by atoms with Crippen molar-refractivity contribution in [3.63, 3.8) is 0 Å². The van der Waals surface area contributed by atoms with Gasteiger partial charge in [-0.05, 0) is 23.6 Å². The summed E-state index contributed by atoms with van der Waals surface area (Å²) < 4.78 is 0. The van der Waals surface area contributed by atoms with Gasteiger partial charge in [-0.25, -0.2) is 0 Å². The average molecular weight is 278 g/mol. The Morgan fingerprint density at radius 1 is 1.00 bits per heavy atom. The molecule has 2 aromatic rings. The molecule has 0 saturated carbocycles. The lowest BCUT2D eigenvalue weighted by molar-refractivity contribution is 0.143. The second-order valence-electron chi connectivity index (χ2n) is 6.31. The fourth-order valence-electron chi connectivity index (χ4n) is 3.82. The number of hydrogen-bond acceptors (Lipinski definition) is 2. The van der Waals surface area contributed by atoms with E-state index in [9.17, 15) is 0 Å². The molecule has 1 fully saturated rings. The first-order valence-electron chi connectivity index (χ1n) is 7.93. The number of benzene rings is 2. The molecule has 1 N–H and O–H groups in total. The average Bonchev–Trinajstić information content (AvgIpc) is 2.55. The first-order chi connectivity index (χ1) is 10.3. The third-order valence-corrected chi connectivity index (χ3v) is 4.98. The summed E-state index contributed by atoms with van der Waals surface area (Å²) in [4.78, 5) is 2.66. The van der Waals surface area contributed by atoms with Gasteiger partial charge >= 0.3 is 0 Å². The molecule has 0 radical (unpaired) electrons. The van der Waals surface area contributed by atoms with E-state index in [4.69, 9.17) is 0 Å². The molecule has 4 rings (SSSR count). The molecular formula is C19H22N2. The molecule has 0 spiro atoms. The zero-order valence-corrected chi connectivity index (χ0v) is 12.5. The van der Waals surface area contributed by atoms with Crippen LogP contribution in [0.1, 0.15) is 34.2 Å². The van der Waals surface area contributed by atoms with Crippen LogP contribution in [0.2, 0.25) is 0 Å². The number of aryl methyl sites for hydroxylation is 1. The molecule has 2 aromatic carbocycles. The number of nitrogens with zero attached hydrogens (tertiary/aromatic N) is 1.